The van der Waals surface area contributed by atoms with Crippen molar-refractivity contribution in [2.45, 2.75) is 63.1 Å². The molecule has 0 aliphatic rings. The first kappa shape index (κ1) is 19.5. The number of halogens is 2. The number of esters is 2. The molecule has 0 N–H and O–H groups in total. The maximum atomic E-state index is 11.2. The van der Waals surface area contributed by atoms with Crippen LogP contribution in [0.4, 0.5) is 0 Å². The van der Waals surface area contributed by atoms with E-state index >= 15 is 0 Å². The van der Waals surface area contributed by atoms with Crippen molar-refractivity contribution in [3.63, 3.8) is 0 Å². The van der Waals surface area contributed by atoms with Crippen LogP contribution in [0.25, 0.3) is 0 Å². The van der Waals surface area contributed by atoms with E-state index in [0.29, 0.717) is 13.2 Å². The summed E-state index contributed by atoms with van der Waals surface area (Å²) in [5.74, 6) is -0.506. The number of unbranched alkanes of at least 4 members (excludes halogenated alkanes) is 3. The average molecular weight is 327 g/mol. The highest BCUT2D eigenvalue weighted by Crippen LogP contribution is 2.05. The van der Waals surface area contributed by atoms with E-state index in [1.807, 2.05) is 0 Å². The Morgan fingerprint density at radius 2 is 1.15 bits per heavy atom. The quantitative estimate of drug-likeness (QED) is 0.330. The molecule has 0 aromatic rings. The first-order valence-corrected chi connectivity index (χ1v) is 7.88. The van der Waals surface area contributed by atoms with Crippen molar-refractivity contribution in [1.82, 2.24) is 0 Å². The maximum absolute atomic E-state index is 11.2. The van der Waals surface area contributed by atoms with E-state index in [1.54, 1.807) is 13.8 Å². The standard InChI is InChI=1S/C14H24Cl2O4/c1-11(15)9-13(17)19-7-5-3-4-6-8-20-14(18)10-12(2)16/h11-12H,3-10H2,1-2H3. The van der Waals surface area contributed by atoms with Gasteiger partial charge in [0.2, 0.25) is 0 Å². The number of hydrogen-bond acceptors (Lipinski definition) is 4. The normalized spacial score (nSPS) is 13.6. The summed E-state index contributed by atoms with van der Waals surface area (Å²) < 4.78 is 10.0. The molecular weight excluding hydrogens is 303 g/mol. The molecule has 2 unspecified atom stereocenters. The second kappa shape index (κ2) is 12.3. The van der Waals surface area contributed by atoms with Crippen LogP contribution in [0.15, 0.2) is 0 Å². The average Bonchev–Trinajstić information content (AvgIpc) is 2.30. The monoisotopic (exact) mass is 326 g/mol. The Morgan fingerprint density at radius 3 is 1.45 bits per heavy atom. The zero-order valence-corrected chi connectivity index (χ0v) is 13.7. The summed E-state index contributed by atoms with van der Waals surface area (Å²) in [6.07, 6.45) is 4.00. The fraction of sp³-hybridized carbons (Fsp3) is 0.857. The smallest absolute Gasteiger partial charge is 0.307 e. The third kappa shape index (κ3) is 13.9. The van der Waals surface area contributed by atoms with Crippen molar-refractivity contribution in [2.24, 2.45) is 0 Å². The summed E-state index contributed by atoms with van der Waals surface area (Å²) in [6.45, 7) is 4.36. The van der Waals surface area contributed by atoms with Gasteiger partial charge in [-0.1, -0.05) is 0 Å². The number of alkyl halides is 2. The van der Waals surface area contributed by atoms with Crippen LogP contribution in [-0.2, 0) is 19.1 Å². The summed E-state index contributed by atoms with van der Waals surface area (Å²) in [7, 11) is 0. The molecule has 0 fully saturated rings. The largest absolute Gasteiger partial charge is 0.466 e. The van der Waals surface area contributed by atoms with Crippen LogP contribution in [0.5, 0.6) is 0 Å². The van der Waals surface area contributed by atoms with Crippen LogP contribution in [0, 0.1) is 0 Å². The van der Waals surface area contributed by atoms with Crippen LogP contribution >= 0.6 is 23.2 Å². The van der Waals surface area contributed by atoms with Gasteiger partial charge in [-0.3, -0.25) is 9.59 Å². The molecule has 0 saturated heterocycles. The third-order valence-corrected chi connectivity index (χ3v) is 2.77. The SMILES string of the molecule is CC(Cl)CC(=O)OCCCCCCOC(=O)CC(C)Cl. The topological polar surface area (TPSA) is 52.6 Å². The Hall–Kier alpha value is -0.480. The predicted octanol–water partition coefficient (Wildman–Crippen LogP) is 3.67. The van der Waals surface area contributed by atoms with Crippen molar-refractivity contribution in [1.29, 1.82) is 0 Å². The van der Waals surface area contributed by atoms with Crippen LogP contribution in [0.3, 0.4) is 0 Å². The first-order chi connectivity index (χ1) is 9.41. The molecule has 0 radical (unpaired) electrons. The van der Waals surface area contributed by atoms with Crippen LogP contribution in [0.2, 0.25) is 0 Å². The van der Waals surface area contributed by atoms with Crippen LogP contribution < -0.4 is 0 Å². The van der Waals surface area contributed by atoms with E-state index in [2.05, 4.69) is 0 Å². The van der Waals surface area contributed by atoms with Crippen molar-refractivity contribution in [3.8, 4) is 0 Å². The lowest BCUT2D eigenvalue weighted by atomic mass is 10.2. The molecule has 0 heterocycles. The van der Waals surface area contributed by atoms with E-state index in [0.717, 1.165) is 25.7 Å². The van der Waals surface area contributed by atoms with E-state index in [4.69, 9.17) is 32.7 Å². The molecule has 0 bridgehead atoms. The fourth-order valence-electron chi connectivity index (χ4n) is 1.51. The van der Waals surface area contributed by atoms with Gasteiger partial charge in [0.05, 0.1) is 26.1 Å². The van der Waals surface area contributed by atoms with Crippen LogP contribution in [0.1, 0.15) is 52.4 Å². The number of carbonyl (C=O) groups is 2. The molecule has 0 rings (SSSR count). The highest BCUT2D eigenvalue weighted by molar-refractivity contribution is 6.21. The van der Waals surface area contributed by atoms with Gasteiger partial charge < -0.3 is 9.47 Å². The molecule has 2 atom stereocenters. The Morgan fingerprint density at radius 1 is 0.800 bits per heavy atom. The van der Waals surface area contributed by atoms with Gasteiger partial charge in [-0.2, -0.15) is 0 Å². The molecule has 118 valence electrons. The number of hydrogen-bond donors (Lipinski definition) is 0. The van der Waals surface area contributed by atoms with Crippen molar-refractivity contribution in [2.75, 3.05) is 13.2 Å². The van der Waals surface area contributed by atoms with Gasteiger partial charge in [0.1, 0.15) is 0 Å². The number of rotatable bonds is 11. The Labute approximate surface area is 131 Å². The summed E-state index contributed by atoms with van der Waals surface area (Å²) in [5, 5.41) is -0.374. The maximum Gasteiger partial charge on any atom is 0.307 e. The molecule has 0 amide bonds. The lowest BCUT2D eigenvalue weighted by Crippen LogP contribution is -2.10. The van der Waals surface area contributed by atoms with Gasteiger partial charge in [-0.05, 0) is 39.5 Å². The summed E-state index contributed by atoms with van der Waals surface area (Å²) in [4.78, 5) is 22.4. The molecule has 0 saturated carbocycles. The minimum atomic E-state index is -0.253. The van der Waals surface area contributed by atoms with Gasteiger partial charge in [0.15, 0.2) is 0 Å². The molecular formula is C14H24Cl2O4. The first-order valence-electron chi connectivity index (χ1n) is 7.01. The van der Waals surface area contributed by atoms with E-state index in [1.165, 1.54) is 0 Å². The Bertz CT molecular complexity index is 252. The summed E-state index contributed by atoms with van der Waals surface area (Å²) in [5.41, 5.74) is 0. The van der Waals surface area contributed by atoms with Gasteiger partial charge in [0, 0.05) is 10.8 Å². The van der Waals surface area contributed by atoms with Crippen molar-refractivity contribution in [3.05, 3.63) is 0 Å². The van der Waals surface area contributed by atoms with Gasteiger partial charge in [0.25, 0.3) is 0 Å². The zero-order chi connectivity index (χ0) is 15.4. The van der Waals surface area contributed by atoms with Crippen LogP contribution in [-0.4, -0.2) is 35.9 Å². The minimum Gasteiger partial charge on any atom is -0.466 e. The molecule has 0 spiro atoms. The second-order valence-corrected chi connectivity index (χ2v) is 6.32. The fourth-order valence-corrected chi connectivity index (χ4v) is 1.76. The van der Waals surface area contributed by atoms with Gasteiger partial charge >= 0.3 is 11.9 Å². The molecule has 0 aromatic heterocycles. The highest BCUT2D eigenvalue weighted by atomic mass is 35.5. The molecule has 0 aromatic carbocycles. The lowest BCUT2D eigenvalue weighted by molar-refractivity contribution is -0.144. The molecule has 20 heavy (non-hydrogen) atoms. The van der Waals surface area contributed by atoms with Gasteiger partial charge in [-0.25, -0.2) is 0 Å². The number of carbonyl (C=O) groups excluding carboxylic acids is 2. The predicted molar refractivity (Wildman–Crippen MR) is 80.3 cm³/mol. The minimum absolute atomic E-state index is 0.187. The third-order valence-electron chi connectivity index (χ3n) is 2.46. The Balaban J connectivity index is 3.29. The van der Waals surface area contributed by atoms with Crippen molar-refractivity contribution >= 4 is 35.1 Å². The molecule has 6 heteroatoms. The highest BCUT2D eigenvalue weighted by Gasteiger charge is 2.08. The Kier molecular flexibility index (Phi) is 12.0. The molecule has 4 nitrogen and oxygen atoms in total. The lowest BCUT2D eigenvalue weighted by Gasteiger charge is -2.07. The van der Waals surface area contributed by atoms with Crippen molar-refractivity contribution < 1.29 is 19.1 Å². The van der Waals surface area contributed by atoms with E-state index in [9.17, 15) is 9.59 Å². The second-order valence-electron chi connectivity index (χ2n) is 4.82. The zero-order valence-electron chi connectivity index (χ0n) is 12.2. The van der Waals surface area contributed by atoms with E-state index in [-0.39, 0.29) is 35.5 Å². The summed E-state index contributed by atoms with van der Waals surface area (Å²) in [6, 6.07) is 0. The summed E-state index contributed by atoms with van der Waals surface area (Å²) >= 11 is 11.4. The molecule has 0 aliphatic carbocycles. The molecule has 0 aliphatic heterocycles. The van der Waals surface area contributed by atoms with E-state index < -0.39 is 0 Å². The number of ether oxygens (including phenoxy) is 2. The van der Waals surface area contributed by atoms with Gasteiger partial charge in [-0.15, -0.1) is 23.2 Å².